The maximum Gasteiger partial charge on any atom is 0.165 e. The van der Waals surface area contributed by atoms with Crippen molar-refractivity contribution in [1.29, 1.82) is 0 Å². The molecular formula is C51H30N4S2. The molecule has 266 valence electrons. The average Bonchev–Trinajstić information content (AvgIpc) is 3.96. The highest BCUT2D eigenvalue weighted by atomic mass is 32.1. The van der Waals surface area contributed by atoms with Gasteiger partial charge in [-0.1, -0.05) is 140 Å². The summed E-state index contributed by atoms with van der Waals surface area (Å²) in [6.45, 7) is 0. The molecule has 0 atom stereocenters. The molecule has 0 spiro atoms. The Morgan fingerprint density at radius 1 is 0.333 bits per heavy atom. The van der Waals surface area contributed by atoms with Crippen LogP contribution in [0.3, 0.4) is 0 Å². The third-order valence-corrected chi connectivity index (χ3v) is 13.5. The third kappa shape index (κ3) is 5.15. The van der Waals surface area contributed by atoms with Gasteiger partial charge in [-0.3, -0.25) is 0 Å². The van der Waals surface area contributed by atoms with E-state index in [1.165, 1.54) is 79.0 Å². The van der Waals surface area contributed by atoms with Crippen LogP contribution in [0.25, 0.3) is 113 Å². The highest BCUT2D eigenvalue weighted by molar-refractivity contribution is 7.26. The minimum Gasteiger partial charge on any atom is -0.308 e. The molecule has 0 N–H and O–H groups in total. The number of benzene rings is 8. The van der Waals surface area contributed by atoms with Crippen molar-refractivity contribution < 1.29 is 0 Å². The minimum atomic E-state index is 0.665. The first-order chi connectivity index (χ1) is 28.2. The molecule has 4 aromatic heterocycles. The molecule has 8 aromatic carbocycles. The van der Waals surface area contributed by atoms with E-state index >= 15 is 0 Å². The fourth-order valence-electron chi connectivity index (χ4n) is 8.40. The summed E-state index contributed by atoms with van der Waals surface area (Å²) in [5.41, 5.74) is 9.03. The molecule has 57 heavy (non-hydrogen) atoms. The predicted molar refractivity (Wildman–Crippen MR) is 242 cm³/mol. The lowest BCUT2D eigenvalue weighted by atomic mass is 10.0. The molecule has 0 saturated carbocycles. The Labute approximate surface area is 335 Å². The summed E-state index contributed by atoms with van der Waals surface area (Å²) < 4.78 is 7.43. The molecule has 0 aliphatic heterocycles. The van der Waals surface area contributed by atoms with Gasteiger partial charge < -0.3 is 4.57 Å². The van der Waals surface area contributed by atoms with E-state index in [0.29, 0.717) is 17.5 Å². The SMILES string of the molecule is c1ccc(-c2nc(-c3ccccc3)nc(-c3cccc4c3sc3cc(-c5ccc6sc7c(-n8c9ccccc9c9ccccc98)cccc7c6c5)ccc34)n2)cc1. The van der Waals surface area contributed by atoms with Gasteiger partial charge in [-0.25, -0.2) is 15.0 Å². The Kier molecular flexibility index (Phi) is 7.24. The van der Waals surface area contributed by atoms with Crippen molar-refractivity contribution in [1.82, 2.24) is 19.5 Å². The molecule has 0 unspecified atom stereocenters. The number of aromatic nitrogens is 4. The molecule has 12 rings (SSSR count). The van der Waals surface area contributed by atoms with Crippen LogP contribution in [0.4, 0.5) is 0 Å². The second-order valence-electron chi connectivity index (χ2n) is 14.4. The van der Waals surface area contributed by atoms with E-state index in [4.69, 9.17) is 15.0 Å². The van der Waals surface area contributed by atoms with E-state index in [-0.39, 0.29) is 0 Å². The van der Waals surface area contributed by atoms with E-state index in [1.807, 2.05) is 47.7 Å². The zero-order chi connectivity index (χ0) is 37.5. The maximum absolute atomic E-state index is 5.07. The summed E-state index contributed by atoms with van der Waals surface area (Å²) >= 11 is 3.68. The maximum atomic E-state index is 5.07. The Hall–Kier alpha value is -6.99. The molecule has 0 saturated heterocycles. The van der Waals surface area contributed by atoms with Crippen molar-refractivity contribution in [3.05, 3.63) is 182 Å². The van der Waals surface area contributed by atoms with Crippen molar-refractivity contribution in [3.63, 3.8) is 0 Å². The second-order valence-corrected chi connectivity index (χ2v) is 16.5. The van der Waals surface area contributed by atoms with E-state index < -0.39 is 0 Å². The predicted octanol–water partition coefficient (Wildman–Crippen LogP) is 14.4. The van der Waals surface area contributed by atoms with Crippen LogP contribution in [0, 0.1) is 0 Å². The van der Waals surface area contributed by atoms with Crippen LogP contribution in [0.15, 0.2) is 182 Å². The summed E-state index contributed by atoms with van der Waals surface area (Å²) in [4.78, 5) is 15.1. The van der Waals surface area contributed by atoms with Crippen molar-refractivity contribution in [2.75, 3.05) is 0 Å². The lowest BCUT2D eigenvalue weighted by Gasteiger charge is -2.09. The first-order valence-corrected chi connectivity index (χ1v) is 20.7. The largest absolute Gasteiger partial charge is 0.308 e. The second kappa shape index (κ2) is 12.8. The summed E-state index contributed by atoms with van der Waals surface area (Å²) in [7, 11) is 0. The van der Waals surface area contributed by atoms with Gasteiger partial charge in [0.25, 0.3) is 0 Å². The van der Waals surface area contributed by atoms with E-state index in [1.54, 1.807) is 11.3 Å². The van der Waals surface area contributed by atoms with Gasteiger partial charge in [-0.2, -0.15) is 0 Å². The fourth-order valence-corrected chi connectivity index (χ4v) is 10.8. The van der Waals surface area contributed by atoms with Gasteiger partial charge in [0.15, 0.2) is 17.5 Å². The Morgan fingerprint density at radius 2 is 0.877 bits per heavy atom. The van der Waals surface area contributed by atoms with E-state index in [0.717, 1.165) is 16.7 Å². The summed E-state index contributed by atoms with van der Waals surface area (Å²) in [6.07, 6.45) is 0. The van der Waals surface area contributed by atoms with Crippen LogP contribution in [0.2, 0.25) is 0 Å². The molecular weight excluding hydrogens is 733 g/mol. The summed E-state index contributed by atoms with van der Waals surface area (Å²) in [5.74, 6) is 2.01. The standard InChI is InChI=1S/C51H30N4S2/c1-3-13-31(14-4-1)49-52-50(32-15-5-2-6-16-32)54-51(53-49)40-21-11-19-38-37-27-25-34(30-46(37)57-47(38)40)33-26-28-45-41(29-33)39-20-12-24-44(48(39)56-45)55-42-22-9-7-17-35(42)36-18-8-10-23-43(36)55/h1-30H. The molecule has 0 bridgehead atoms. The molecule has 6 heteroatoms. The number of hydrogen-bond acceptors (Lipinski definition) is 5. The molecule has 0 fully saturated rings. The normalized spacial score (nSPS) is 11.9. The Bertz CT molecular complexity index is 3410. The number of para-hydroxylation sites is 2. The van der Waals surface area contributed by atoms with Gasteiger partial charge in [0.05, 0.1) is 21.4 Å². The highest BCUT2D eigenvalue weighted by Gasteiger charge is 2.19. The molecule has 0 aliphatic carbocycles. The van der Waals surface area contributed by atoms with Gasteiger partial charge in [-0.05, 0) is 53.6 Å². The third-order valence-electron chi connectivity index (χ3n) is 11.1. The fraction of sp³-hybridized carbons (Fsp3) is 0. The molecule has 4 heterocycles. The van der Waals surface area contributed by atoms with Gasteiger partial charge in [0, 0.05) is 63.1 Å². The monoisotopic (exact) mass is 762 g/mol. The zero-order valence-electron chi connectivity index (χ0n) is 30.4. The molecule has 0 aliphatic rings. The molecule has 12 aromatic rings. The van der Waals surface area contributed by atoms with Crippen LogP contribution in [0.1, 0.15) is 0 Å². The number of fused-ring (bicyclic) bond motifs is 9. The number of nitrogens with zero attached hydrogens (tertiary/aromatic N) is 4. The lowest BCUT2D eigenvalue weighted by Crippen LogP contribution is -2.00. The molecule has 4 nitrogen and oxygen atoms in total. The summed E-state index contributed by atoms with van der Waals surface area (Å²) in [6, 6.07) is 64.9. The minimum absolute atomic E-state index is 0.665. The van der Waals surface area contributed by atoms with Gasteiger partial charge >= 0.3 is 0 Å². The van der Waals surface area contributed by atoms with Crippen LogP contribution < -0.4 is 0 Å². The number of rotatable bonds is 5. The van der Waals surface area contributed by atoms with Gasteiger partial charge in [0.2, 0.25) is 0 Å². The number of thiophene rings is 2. The molecule has 0 amide bonds. The van der Waals surface area contributed by atoms with Crippen LogP contribution in [0.5, 0.6) is 0 Å². The zero-order valence-corrected chi connectivity index (χ0v) is 32.1. The summed E-state index contributed by atoms with van der Waals surface area (Å²) in [5, 5.41) is 7.56. The average molecular weight is 763 g/mol. The first kappa shape index (κ1) is 32.3. The number of hydrogen-bond donors (Lipinski definition) is 0. The lowest BCUT2D eigenvalue weighted by molar-refractivity contribution is 1.08. The van der Waals surface area contributed by atoms with Crippen LogP contribution in [-0.2, 0) is 0 Å². The van der Waals surface area contributed by atoms with Crippen LogP contribution >= 0.6 is 22.7 Å². The Morgan fingerprint density at radius 3 is 1.58 bits per heavy atom. The van der Waals surface area contributed by atoms with Crippen LogP contribution in [-0.4, -0.2) is 19.5 Å². The van der Waals surface area contributed by atoms with Gasteiger partial charge in [0.1, 0.15) is 0 Å². The van der Waals surface area contributed by atoms with Gasteiger partial charge in [-0.15, -0.1) is 22.7 Å². The van der Waals surface area contributed by atoms with E-state index in [9.17, 15) is 0 Å². The van der Waals surface area contributed by atoms with Crippen molar-refractivity contribution in [2.24, 2.45) is 0 Å². The topological polar surface area (TPSA) is 43.6 Å². The molecule has 0 radical (unpaired) electrons. The smallest absolute Gasteiger partial charge is 0.165 e. The first-order valence-electron chi connectivity index (χ1n) is 19.0. The quantitative estimate of drug-likeness (QED) is 0.175. The highest BCUT2D eigenvalue weighted by Crippen LogP contribution is 2.44. The van der Waals surface area contributed by atoms with Crippen molar-refractivity contribution in [2.45, 2.75) is 0 Å². The van der Waals surface area contributed by atoms with E-state index in [2.05, 4.69) is 150 Å². The van der Waals surface area contributed by atoms with Crippen molar-refractivity contribution >= 4 is 84.8 Å². The van der Waals surface area contributed by atoms with Crippen molar-refractivity contribution in [3.8, 4) is 51.0 Å². The Balaban J connectivity index is 0.983.